The van der Waals surface area contributed by atoms with Crippen molar-refractivity contribution in [3.63, 3.8) is 0 Å². The van der Waals surface area contributed by atoms with E-state index >= 15 is 0 Å². The van der Waals surface area contributed by atoms with Gasteiger partial charge >= 0.3 is 0 Å². The minimum atomic E-state index is -0.221. The number of para-hydroxylation sites is 1. The van der Waals surface area contributed by atoms with Crippen LogP contribution in [0.5, 0.6) is 0 Å². The quantitative estimate of drug-likeness (QED) is 0.655. The lowest BCUT2D eigenvalue weighted by atomic mass is 9.96. The molecule has 0 spiro atoms. The first kappa shape index (κ1) is 18.9. The second-order valence-electron chi connectivity index (χ2n) is 7.12. The minimum Gasteiger partial charge on any atom is -0.375 e. The average molecular weight is 385 g/mol. The van der Waals surface area contributed by atoms with E-state index in [0.29, 0.717) is 40.2 Å². The number of carbonyl (C=O) groups is 1. The molecule has 6 nitrogen and oxygen atoms in total. The smallest absolute Gasteiger partial charge is 0.257 e. The summed E-state index contributed by atoms with van der Waals surface area (Å²) in [7, 11) is 0. The molecule has 7 heteroatoms. The Morgan fingerprint density at radius 1 is 1.11 bits per heavy atom. The van der Waals surface area contributed by atoms with Gasteiger partial charge in [0, 0.05) is 21.8 Å². The Balaban J connectivity index is 1.71. The fourth-order valence-electron chi connectivity index (χ4n) is 2.37. The van der Waals surface area contributed by atoms with E-state index in [9.17, 15) is 4.79 Å². The van der Waals surface area contributed by atoms with Crippen LogP contribution >= 0.6 is 11.6 Å². The van der Waals surface area contributed by atoms with Crippen LogP contribution in [0.2, 0.25) is 5.02 Å². The van der Waals surface area contributed by atoms with Crippen LogP contribution in [0.15, 0.2) is 53.1 Å². The molecule has 0 bridgehead atoms. The first-order valence-corrected chi connectivity index (χ1v) is 8.93. The lowest BCUT2D eigenvalue weighted by Crippen LogP contribution is -2.15. The van der Waals surface area contributed by atoms with Gasteiger partial charge in [-0.2, -0.15) is 4.98 Å². The summed E-state index contributed by atoms with van der Waals surface area (Å²) in [4.78, 5) is 17.0. The van der Waals surface area contributed by atoms with Crippen LogP contribution in [0.1, 0.15) is 42.8 Å². The number of hydrogen-bond acceptors (Lipinski definition) is 5. The van der Waals surface area contributed by atoms with Gasteiger partial charge in [0.15, 0.2) is 5.82 Å². The van der Waals surface area contributed by atoms with Gasteiger partial charge in [0.2, 0.25) is 5.89 Å². The van der Waals surface area contributed by atoms with Gasteiger partial charge in [0.05, 0.1) is 12.1 Å². The highest BCUT2D eigenvalue weighted by atomic mass is 35.5. The van der Waals surface area contributed by atoms with Gasteiger partial charge in [-0.1, -0.05) is 49.7 Å². The number of amides is 1. The van der Waals surface area contributed by atoms with E-state index in [1.54, 1.807) is 30.3 Å². The summed E-state index contributed by atoms with van der Waals surface area (Å²) < 4.78 is 5.28. The highest BCUT2D eigenvalue weighted by Crippen LogP contribution is 2.21. The van der Waals surface area contributed by atoms with Crippen molar-refractivity contribution in [2.24, 2.45) is 0 Å². The molecule has 0 aliphatic rings. The van der Waals surface area contributed by atoms with Crippen molar-refractivity contribution < 1.29 is 9.32 Å². The molecule has 0 unspecified atom stereocenters. The standard InChI is InChI=1S/C20H21ClN4O2/c1-20(2,3)19-24-17(27-25-19)12-22-16-7-5-4-6-15(16)18(26)23-14-10-8-13(21)9-11-14/h4-11,22H,12H2,1-3H3,(H,23,26). The molecule has 1 aromatic heterocycles. The van der Waals surface area contributed by atoms with Crippen LogP contribution in [0, 0.1) is 0 Å². The average Bonchev–Trinajstić information content (AvgIpc) is 3.11. The third kappa shape index (κ3) is 4.86. The molecular weight excluding hydrogens is 364 g/mol. The molecule has 0 aliphatic heterocycles. The fourth-order valence-corrected chi connectivity index (χ4v) is 2.50. The Labute approximate surface area is 162 Å². The van der Waals surface area contributed by atoms with Gasteiger partial charge in [-0.15, -0.1) is 0 Å². The Morgan fingerprint density at radius 3 is 2.48 bits per heavy atom. The second-order valence-corrected chi connectivity index (χ2v) is 7.56. The van der Waals surface area contributed by atoms with Crippen molar-refractivity contribution in [3.05, 3.63) is 70.8 Å². The number of nitrogens with one attached hydrogen (secondary N) is 2. The van der Waals surface area contributed by atoms with Crippen LogP contribution in [0.3, 0.4) is 0 Å². The lowest BCUT2D eigenvalue weighted by molar-refractivity contribution is 0.102. The number of anilines is 2. The highest BCUT2D eigenvalue weighted by Gasteiger charge is 2.21. The van der Waals surface area contributed by atoms with E-state index in [-0.39, 0.29) is 11.3 Å². The molecule has 0 saturated carbocycles. The maximum atomic E-state index is 12.6. The number of nitrogens with zero attached hydrogens (tertiary/aromatic N) is 2. The van der Waals surface area contributed by atoms with Gasteiger partial charge in [-0.05, 0) is 36.4 Å². The Bertz CT molecular complexity index is 930. The van der Waals surface area contributed by atoms with Crippen LogP contribution in [0.4, 0.5) is 11.4 Å². The largest absolute Gasteiger partial charge is 0.375 e. The Hall–Kier alpha value is -2.86. The number of carbonyl (C=O) groups excluding carboxylic acids is 1. The van der Waals surface area contributed by atoms with E-state index in [1.807, 2.05) is 39.0 Å². The summed E-state index contributed by atoms with van der Waals surface area (Å²) in [5.74, 6) is 0.891. The van der Waals surface area contributed by atoms with E-state index < -0.39 is 0 Å². The third-order valence-electron chi connectivity index (χ3n) is 3.84. The second kappa shape index (κ2) is 7.80. The molecule has 0 atom stereocenters. The van der Waals surface area contributed by atoms with E-state index in [4.69, 9.17) is 16.1 Å². The molecule has 0 fully saturated rings. The van der Waals surface area contributed by atoms with Gasteiger partial charge in [0.25, 0.3) is 5.91 Å². The minimum absolute atomic E-state index is 0.182. The molecule has 140 valence electrons. The summed E-state index contributed by atoms with van der Waals surface area (Å²) in [6.07, 6.45) is 0. The van der Waals surface area contributed by atoms with Crippen molar-refractivity contribution in [2.45, 2.75) is 32.7 Å². The number of rotatable bonds is 5. The molecule has 27 heavy (non-hydrogen) atoms. The molecule has 3 rings (SSSR count). The molecule has 0 saturated heterocycles. The van der Waals surface area contributed by atoms with Gasteiger partial charge in [-0.3, -0.25) is 4.79 Å². The van der Waals surface area contributed by atoms with Crippen LogP contribution in [-0.2, 0) is 12.0 Å². The maximum absolute atomic E-state index is 12.6. The number of benzene rings is 2. The van der Waals surface area contributed by atoms with Crippen LogP contribution in [-0.4, -0.2) is 16.0 Å². The zero-order chi connectivity index (χ0) is 19.4. The molecular formula is C20H21ClN4O2. The normalized spacial score (nSPS) is 11.3. The monoisotopic (exact) mass is 384 g/mol. The Morgan fingerprint density at radius 2 is 1.81 bits per heavy atom. The molecule has 0 radical (unpaired) electrons. The zero-order valence-electron chi connectivity index (χ0n) is 15.4. The predicted octanol–water partition coefficient (Wildman–Crippen LogP) is 4.88. The number of halogens is 1. The van der Waals surface area contributed by atoms with Crippen molar-refractivity contribution in [1.82, 2.24) is 10.1 Å². The topological polar surface area (TPSA) is 80.0 Å². The SMILES string of the molecule is CC(C)(C)c1noc(CNc2ccccc2C(=O)Nc2ccc(Cl)cc2)n1. The first-order chi connectivity index (χ1) is 12.8. The number of aromatic nitrogens is 2. The maximum Gasteiger partial charge on any atom is 0.257 e. The number of hydrogen-bond donors (Lipinski definition) is 2. The fraction of sp³-hybridized carbons (Fsp3) is 0.250. The van der Waals surface area contributed by atoms with Crippen molar-refractivity contribution in [1.29, 1.82) is 0 Å². The molecule has 3 aromatic rings. The predicted molar refractivity (Wildman–Crippen MR) is 106 cm³/mol. The van der Waals surface area contributed by atoms with Crippen molar-refractivity contribution in [3.8, 4) is 0 Å². The van der Waals surface area contributed by atoms with Crippen LogP contribution in [0.25, 0.3) is 0 Å². The van der Waals surface area contributed by atoms with Crippen LogP contribution < -0.4 is 10.6 Å². The molecule has 2 aromatic carbocycles. The van der Waals surface area contributed by atoms with E-state index in [0.717, 1.165) is 0 Å². The van der Waals surface area contributed by atoms with Gasteiger partial charge in [0.1, 0.15) is 0 Å². The molecule has 2 N–H and O–H groups in total. The zero-order valence-corrected chi connectivity index (χ0v) is 16.2. The van der Waals surface area contributed by atoms with E-state index in [2.05, 4.69) is 20.8 Å². The highest BCUT2D eigenvalue weighted by molar-refractivity contribution is 6.30. The van der Waals surface area contributed by atoms with Crippen molar-refractivity contribution in [2.75, 3.05) is 10.6 Å². The van der Waals surface area contributed by atoms with Gasteiger partial charge < -0.3 is 15.2 Å². The summed E-state index contributed by atoms with van der Waals surface area (Å²) in [5, 5.41) is 10.7. The van der Waals surface area contributed by atoms with Crippen molar-refractivity contribution >= 4 is 28.9 Å². The Kier molecular flexibility index (Phi) is 5.46. The molecule has 1 amide bonds. The molecule has 1 heterocycles. The first-order valence-electron chi connectivity index (χ1n) is 8.56. The third-order valence-corrected chi connectivity index (χ3v) is 4.09. The molecule has 0 aliphatic carbocycles. The van der Waals surface area contributed by atoms with E-state index in [1.165, 1.54) is 0 Å². The summed E-state index contributed by atoms with van der Waals surface area (Å²) in [6, 6.07) is 14.2. The summed E-state index contributed by atoms with van der Waals surface area (Å²) in [5.41, 5.74) is 1.69. The lowest BCUT2D eigenvalue weighted by Gasteiger charge is -2.12. The summed E-state index contributed by atoms with van der Waals surface area (Å²) >= 11 is 5.88. The summed E-state index contributed by atoms with van der Waals surface area (Å²) in [6.45, 7) is 6.39. The van der Waals surface area contributed by atoms with Gasteiger partial charge in [-0.25, -0.2) is 0 Å².